The molecule has 3 heteroatoms. The first-order valence-electron chi connectivity index (χ1n) is 5.13. The van der Waals surface area contributed by atoms with Crippen molar-refractivity contribution in [2.45, 2.75) is 25.8 Å². The number of nitrogens with zero attached hydrogens (tertiary/aromatic N) is 1. The Bertz CT molecular complexity index is 399. The van der Waals surface area contributed by atoms with Gasteiger partial charge in [-0.2, -0.15) is 0 Å². The van der Waals surface area contributed by atoms with E-state index >= 15 is 0 Å². The number of amides is 1. The van der Waals surface area contributed by atoms with Gasteiger partial charge >= 0.3 is 0 Å². The van der Waals surface area contributed by atoms with Gasteiger partial charge in [-0.25, -0.2) is 4.39 Å². The molecule has 1 amide bonds. The number of carbonyl (C=O) groups is 1. The Morgan fingerprint density at radius 3 is 2.73 bits per heavy atom. The normalized spacial score (nSPS) is 15.1. The summed E-state index contributed by atoms with van der Waals surface area (Å²) in [5, 5.41) is 0. The highest BCUT2D eigenvalue weighted by molar-refractivity contribution is 5.94. The van der Waals surface area contributed by atoms with E-state index in [-0.39, 0.29) is 11.5 Å². The number of hydrogen-bond donors (Lipinski definition) is 0. The maximum atomic E-state index is 13.4. The average Bonchev–Trinajstić information content (AvgIpc) is 3.03. The fourth-order valence-corrected chi connectivity index (χ4v) is 1.62. The molecule has 1 aliphatic rings. The van der Waals surface area contributed by atoms with Crippen molar-refractivity contribution in [1.82, 2.24) is 4.90 Å². The highest BCUT2D eigenvalue weighted by Crippen LogP contribution is 2.27. The topological polar surface area (TPSA) is 20.3 Å². The first kappa shape index (κ1) is 10.1. The van der Waals surface area contributed by atoms with Gasteiger partial charge in [-0.15, -0.1) is 0 Å². The summed E-state index contributed by atoms with van der Waals surface area (Å²) >= 11 is 0. The van der Waals surface area contributed by atoms with E-state index < -0.39 is 5.82 Å². The van der Waals surface area contributed by atoms with Crippen LogP contribution in [0, 0.1) is 12.7 Å². The van der Waals surface area contributed by atoms with Gasteiger partial charge in [-0.1, -0.05) is 11.6 Å². The van der Waals surface area contributed by atoms with Crippen molar-refractivity contribution >= 4 is 5.91 Å². The predicted octanol–water partition coefficient (Wildman–Crippen LogP) is 2.37. The lowest BCUT2D eigenvalue weighted by Gasteiger charge is -2.16. The molecule has 0 spiro atoms. The number of aryl methyl sites for hydroxylation is 1. The molecular formula is C12H14FNO. The summed E-state index contributed by atoms with van der Waals surface area (Å²) in [6, 6.07) is 4.95. The van der Waals surface area contributed by atoms with Gasteiger partial charge in [0.15, 0.2) is 0 Å². The summed E-state index contributed by atoms with van der Waals surface area (Å²) < 4.78 is 13.4. The molecule has 1 fully saturated rings. The summed E-state index contributed by atoms with van der Waals surface area (Å²) in [6.45, 7) is 1.85. The van der Waals surface area contributed by atoms with E-state index in [4.69, 9.17) is 0 Å². The molecule has 1 aromatic rings. The maximum Gasteiger partial charge on any atom is 0.256 e. The number of halogens is 1. The summed E-state index contributed by atoms with van der Waals surface area (Å²) in [6.07, 6.45) is 2.07. The van der Waals surface area contributed by atoms with Crippen LogP contribution in [0.5, 0.6) is 0 Å². The van der Waals surface area contributed by atoms with Crippen LogP contribution in [0.3, 0.4) is 0 Å². The Kier molecular flexibility index (Phi) is 2.47. The predicted molar refractivity (Wildman–Crippen MR) is 56.3 cm³/mol. The van der Waals surface area contributed by atoms with E-state index in [1.54, 1.807) is 24.1 Å². The largest absolute Gasteiger partial charge is 0.339 e. The molecule has 0 N–H and O–H groups in total. The van der Waals surface area contributed by atoms with Gasteiger partial charge in [0.05, 0.1) is 5.56 Å². The van der Waals surface area contributed by atoms with Crippen molar-refractivity contribution in [3.8, 4) is 0 Å². The van der Waals surface area contributed by atoms with E-state index in [0.717, 1.165) is 18.4 Å². The molecule has 2 nitrogen and oxygen atoms in total. The second-order valence-corrected chi connectivity index (χ2v) is 4.13. The van der Waals surface area contributed by atoms with E-state index in [1.165, 1.54) is 6.07 Å². The smallest absolute Gasteiger partial charge is 0.256 e. The molecule has 2 rings (SSSR count). The zero-order valence-corrected chi connectivity index (χ0v) is 8.96. The fraction of sp³-hybridized carbons (Fsp3) is 0.417. The van der Waals surface area contributed by atoms with Crippen LogP contribution in [0.2, 0.25) is 0 Å². The van der Waals surface area contributed by atoms with Crippen molar-refractivity contribution < 1.29 is 9.18 Å². The maximum absolute atomic E-state index is 13.4. The van der Waals surface area contributed by atoms with Crippen molar-refractivity contribution in [2.24, 2.45) is 0 Å². The first-order chi connectivity index (χ1) is 7.09. The molecule has 1 aromatic carbocycles. The molecule has 15 heavy (non-hydrogen) atoms. The Morgan fingerprint density at radius 1 is 1.47 bits per heavy atom. The molecule has 0 atom stereocenters. The third-order valence-corrected chi connectivity index (χ3v) is 2.77. The number of rotatable bonds is 2. The second-order valence-electron chi connectivity index (χ2n) is 4.13. The summed E-state index contributed by atoms with van der Waals surface area (Å²) in [7, 11) is 1.74. The lowest BCUT2D eigenvalue weighted by Crippen LogP contribution is -2.29. The molecule has 0 saturated heterocycles. The molecule has 0 aliphatic heterocycles. The van der Waals surface area contributed by atoms with E-state index in [0.29, 0.717) is 6.04 Å². The lowest BCUT2D eigenvalue weighted by atomic mass is 10.1. The van der Waals surface area contributed by atoms with Crippen LogP contribution in [0.4, 0.5) is 4.39 Å². The molecule has 0 heterocycles. The third kappa shape index (κ3) is 2.01. The molecule has 1 saturated carbocycles. The number of carbonyl (C=O) groups excluding carboxylic acids is 1. The van der Waals surface area contributed by atoms with Gasteiger partial charge < -0.3 is 4.90 Å². The van der Waals surface area contributed by atoms with E-state index in [2.05, 4.69) is 0 Å². The summed E-state index contributed by atoms with van der Waals surface area (Å²) in [5.41, 5.74) is 1.09. The van der Waals surface area contributed by atoms with Gasteiger partial charge in [-0.3, -0.25) is 4.79 Å². The molecule has 1 aliphatic carbocycles. The van der Waals surface area contributed by atoms with Gasteiger partial charge in [0.25, 0.3) is 5.91 Å². The Morgan fingerprint density at radius 2 is 2.13 bits per heavy atom. The molecule has 0 unspecified atom stereocenters. The SMILES string of the molecule is Cc1ccc(F)c(C(=O)N(C)C2CC2)c1. The van der Waals surface area contributed by atoms with Gasteiger partial charge in [0, 0.05) is 13.1 Å². The first-order valence-corrected chi connectivity index (χ1v) is 5.13. The van der Waals surface area contributed by atoms with Crippen molar-refractivity contribution in [3.05, 3.63) is 35.1 Å². The molecule has 0 aromatic heterocycles. The fourth-order valence-electron chi connectivity index (χ4n) is 1.62. The van der Waals surface area contributed by atoms with Crippen LogP contribution in [0.25, 0.3) is 0 Å². The number of hydrogen-bond acceptors (Lipinski definition) is 1. The van der Waals surface area contributed by atoms with E-state index in [1.807, 2.05) is 6.92 Å². The molecular weight excluding hydrogens is 193 g/mol. The van der Waals surface area contributed by atoms with Crippen LogP contribution < -0.4 is 0 Å². The zero-order chi connectivity index (χ0) is 11.0. The standard InChI is InChI=1S/C12H14FNO/c1-8-3-6-11(13)10(7-8)12(15)14(2)9-4-5-9/h3,6-7,9H,4-5H2,1-2H3. The molecule has 80 valence electrons. The zero-order valence-electron chi connectivity index (χ0n) is 8.96. The summed E-state index contributed by atoms with van der Waals surface area (Å²) in [4.78, 5) is 13.5. The minimum Gasteiger partial charge on any atom is -0.339 e. The molecule has 0 radical (unpaired) electrons. The van der Waals surface area contributed by atoms with Crippen LogP contribution in [0.15, 0.2) is 18.2 Å². The molecule has 0 bridgehead atoms. The van der Waals surface area contributed by atoms with Gasteiger partial charge in [0.1, 0.15) is 5.82 Å². The van der Waals surface area contributed by atoms with Crippen LogP contribution in [-0.4, -0.2) is 23.9 Å². The van der Waals surface area contributed by atoms with Crippen molar-refractivity contribution in [2.75, 3.05) is 7.05 Å². The van der Waals surface area contributed by atoms with Gasteiger partial charge in [-0.05, 0) is 31.9 Å². The Hall–Kier alpha value is -1.38. The lowest BCUT2D eigenvalue weighted by molar-refractivity contribution is 0.0780. The second kappa shape index (κ2) is 3.65. The Balaban J connectivity index is 2.27. The highest BCUT2D eigenvalue weighted by atomic mass is 19.1. The van der Waals surface area contributed by atoms with Crippen molar-refractivity contribution in [3.63, 3.8) is 0 Å². The van der Waals surface area contributed by atoms with E-state index in [9.17, 15) is 9.18 Å². The minimum absolute atomic E-state index is 0.185. The van der Waals surface area contributed by atoms with Crippen LogP contribution >= 0.6 is 0 Å². The average molecular weight is 207 g/mol. The Labute approximate surface area is 88.7 Å². The third-order valence-electron chi connectivity index (χ3n) is 2.77. The van der Waals surface area contributed by atoms with Gasteiger partial charge in [0.2, 0.25) is 0 Å². The monoisotopic (exact) mass is 207 g/mol. The van der Waals surface area contributed by atoms with Crippen molar-refractivity contribution in [1.29, 1.82) is 0 Å². The van der Waals surface area contributed by atoms with Crippen LogP contribution in [0.1, 0.15) is 28.8 Å². The number of benzene rings is 1. The summed E-state index contributed by atoms with van der Waals surface area (Å²) in [5.74, 6) is -0.642. The van der Waals surface area contributed by atoms with Crippen LogP contribution in [-0.2, 0) is 0 Å². The minimum atomic E-state index is -0.432. The highest BCUT2D eigenvalue weighted by Gasteiger charge is 2.31. The quantitative estimate of drug-likeness (QED) is 0.729.